The van der Waals surface area contributed by atoms with Gasteiger partial charge in [0.2, 0.25) is 11.8 Å². The Morgan fingerprint density at radius 2 is 1.62 bits per heavy atom. The van der Waals surface area contributed by atoms with E-state index in [4.69, 9.17) is 0 Å². The Bertz CT molecular complexity index is 665. The molecule has 1 saturated carbocycles. The Hall–Kier alpha value is -1.89. The fraction of sp³-hybridized carbons (Fsp3) is 0.526. The molecule has 0 atom stereocenters. The summed E-state index contributed by atoms with van der Waals surface area (Å²) < 4.78 is 0.916. The summed E-state index contributed by atoms with van der Waals surface area (Å²) >= 11 is 3.33. The Morgan fingerprint density at radius 1 is 1.00 bits per heavy atom. The highest BCUT2D eigenvalue weighted by atomic mass is 79.9. The van der Waals surface area contributed by atoms with Crippen molar-refractivity contribution in [1.82, 2.24) is 15.1 Å². The second kappa shape index (κ2) is 8.66. The summed E-state index contributed by atoms with van der Waals surface area (Å²) in [4.78, 5) is 40.2. The van der Waals surface area contributed by atoms with Crippen LogP contribution in [0.1, 0.15) is 36.0 Å². The number of nitrogens with one attached hydrogen (secondary N) is 1. The summed E-state index contributed by atoms with van der Waals surface area (Å²) in [5.74, 6) is 0.314. The number of piperazine rings is 1. The average molecular weight is 422 g/mol. The summed E-state index contributed by atoms with van der Waals surface area (Å²) in [5, 5.41) is 2.78. The molecule has 2 fully saturated rings. The van der Waals surface area contributed by atoms with Gasteiger partial charge in [0.05, 0.1) is 0 Å². The number of hydrogen-bond donors (Lipinski definition) is 1. The first-order valence-electron chi connectivity index (χ1n) is 9.15. The largest absolute Gasteiger partial charge is 0.352 e. The molecule has 6 nitrogen and oxygen atoms in total. The molecule has 1 saturated heterocycles. The molecule has 0 radical (unpaired) electrons. The number of hydrogen-bond acceptors (Lipinski definition) is 3. The van der Waals surface area contributed by atoms with Gasteiger partial charge in [-0.15, -0.1) is 0 Å². The van der Waals surface area contributed by atoms with Crippen molar-refractivity contribution in [2.75, 3.05) is 32.7 Å². The lowest BCUT2D eigenvalue weighted by Gasteiger charge is -2.38. The molecule has 0 aromatic heterocycles. The SMILES string of the molecule is O=C(NCCC(=O)N1CCN(C(=O)C2CCC2)CC1)c1ccc(Br)cc1. The third-order valence-corrected chi connectivity index (χ3v) is 5.66. The molecule has 140 valence electrons. The molecule has 7 heteroatoms. The minimum Gasteiger partial charge on any atom is -0.352 e. The fourth-order valence-corrected chi connectivity index (χ4v) is 3.50. The van der Waals surface area contributed by atoms with Crippen molar-refractivity contribution in [2.24, 2.45) is 5.92 Å². The standard InChI is InChI=1S/C19H24BrN3O3/c20-16-6-4-14(5-7-16)18(25)21-9-8-17(24)22-10-12-23(13-11-22)19(26)15-2-1-3-15/h4-7,15H,1-3,8-13H2,(H,21,25). The molecule has 26 heavy (non-hydrogen) atoms. The van der Waals surface area contributed by atoms with E-state index in [-0.39, 0.29) is 30.1 Å². The third-order valence-electron chi connectivity index (χ3n) is 5.13. The summed E-state index contributed by atoms with van der Waals surface area (Å²) in [6.07, 6.45) is 3.45. The molecule has 1 N–H and O–H groups in total. The maximum atomic E-state index is 12.3. The molecule has 1 aromatic carbocycles. The van der Waals surface area contributed by atoms with Crippen LogP contribution in [0.4, 0.5) is 0 Å². The first-order valence-corrected chi connectivity index (χ1v) is 9.94. The van der Waals surface area contributed by atoms with Crippen molar-refractivity contribution < 1.29 is 14.4 Å². The van der Waals surface area contributed by atoms with Crippen LogP contribution < -0.4 is 5.32 Å². The average Bonchev–Trinajstić information content (AvgIpc) is 2.60. The maximum absolute atomic E-state index is 12.3. The zero-order valence-corrected chi connectivity index (χ0v) is 16.3. The molecule has 0 unspecified atom stereocenters. The number of halogens is 1. The summed E-state index contributed by atoms with van der Waals surface area (Å²) in [6.45, 7) is 2.71. The van der Waals surface area contributed by atoms with Gasteiger partial charge in [0, 0.05) is 55.1 Å². The van der Waals surface area contributed by atoms with Gasteiger partial charge < -0.3 is 15.1 Å². The number of nitrogens with zero attached hydrogens (tertiary/aromatic N) is 2. The van der Waals surface area contributed by atoms with Gasteiger partial charge in [0.25, 0.3) is 5.91 Å². The minimum atomic E-state index is -0.179. The second-order valence-corrected chi connectivity index (χ2v) is 7.76. The first kappa shape index (κ1) is 18.9. The van der Waals surface area contributed by atoms with E-state index in [1.165, 1.54) is 0 Å². The lowest BCUT2D eigenvalue weighted by Crippen LogP contribution is -2.52. The highest BCUT2D eigenvalue weighted by Gasteiger charge is 2.31. The summed E-state index contributed by atoms with van der Waals surface area (Å²) in [7, 11) is 0. The van der Waals surface area contributed by atoms with Crippen molar-refractivity contribution in [1.29, 1.82) is 0 Å². The van der Waals surface area contributed by atoms with Crippen LogP contribution in [-0.2, 0) is 9.59 Å². The molecule has 0 bridgehead atoms. The monoisotopic (exact) mass is 421 g/mol. The van der Waals surface area contributed by atoms with E-state index in [0.717, 1.165) is 23.7 Å². The quantitative estimate of drug-likeness (QED) is 0.790. The van der Waals surface area contributed by atoms with E-state index in [9.17, 15) is 14.4 Å². The Balaban J connectivity index is 1.37. The van der Waals surface area contributed by atoms with Crippen LogP contribution in [0.3, 0.4) is 0 Å². The second-order valence-electron chi connectivity index (χ2n) is 6.85. The Kier molecular flexibility index (Phi) is 6.29. The van der Waals surface area contributed by atoms with Gasteiger partial charge in [-0.05, 0) is 37.1 Å². The van der Waals surface area contributed by atoms with Gasteiger partial charge in [0.1, 0.15) is 0 Å². The first-order chi connectivity index (χ1) is 12.5. The highest BCUT2D eigenvalue weighted by molar-refractivity contribution is 9.10. The predicted octanol–water partition coefficient (Wildman–Crippen LogP) is 2.04. The van der Waals surface area contributed by atoms with E-state index in [1.807, 2.05) is 17.0 Å². The van der Waals surface area contributed by atoms with E-state index < -0.39 is 0 Å². The highest BCUT2D eigenvalue weighted by Crippen LogP contribution is 2.28. The van der Waals surface area contributed by atoms with Crippen molar-refractivity contribution in [3.63, 3.8) is 0 Å². The molecule has 0 spiro atoms. The van der Waals surface area contributed by atoms with Gasteiger partial charge in [-0.1, -0.05) is 22.4 Å². The molecular formula is C19H24BrN3O3. The van der Waals surface area contributed by atoms with Crippen LogP contribution in [0, 0.1) is 5.92 Å². The smallest absolute Gasteiger partial charge is 0.251 e. The maximum Gasteiger partial charge on any atom is 0.251 e. The Labute approximate surface area is 162 Å². The molecule has 3 rings (SSSR count). The van der Waals surface area contributed by atoms with E-state index in [2.05, 4.69) is 21.2 Å². The predicted molar refractivity (Wildman–Crippen MR) is 102 cm³/mol. The number of amides is 3. The molecular weight excluding hydrogens is 398 g/mol. The third kappa shape index (κ3) is 4.63. The fourth-order valence-electron chi connectivity index (χ4n) is 3.23. The summed E-state index contributed by atoms with van der Waals surface area (Å²) in [5.41, 5.74) is 0.573. The number of carbonyl (C=O) groups excluding carboxylic acids is 3. The van der Waals surface area contributed by atoms with Crippen LogP contribution in [0.5, 0.6) is 0 Å². The van der Waals surface area contributed by atoms with E-state index >= 15 is 0 Å². The van der Waals surface area contributed by atoms with Gasteiger partial charge in [0.15, 0.2) is 0 Å². The van der Waals surface area contributed by atoms with Crippen molar-refractivity contribution >= 4 is 33.7 Å². The molecule has 1 heterocycles. The summed E-state index contributed by atoms with van der Waals surface area (Å²) in [6, 6.07) is 7.09. The van der Waals surface area contributed by atoms with Crippen LogP contribution in [0.25, 0.3) is 0 Å². The molecule has 1 aliphatic carbocycles. The lowest BCUT2D eigenvalue weighted by molar-refractivity contribution is -0.143. The van der Waals surface area contributed by atoms with Gasteiger partial charge >= 0.3 is 0 Å². The number of carbonyl (C=O) groups is 3. The van der Waals surface area contributed by atoms with Crippen molar-refractivity contribution in [3.05, 3.63) is 34.3 Å². The number of rotatable bonds is 5. The zero-order valence-electron chi connectivity index (χ0n) is 14.7. The zero-order chi connectivity index (χ0) is 18.5. The van der Waals surface area contributed by atoms with Crippen LogP contribution >= 0.6 is 15.9 Å². The van der Waals surface area contributed by atoms with Gasteiger partial charge in [-0.2, -0.15) is 0 Å². The molecule has 2 aliphatic rings. The number of benzene rings is 1. The topological polar surface area (TPSA) is 69.7 Å². The van der Waals surface area contributed by atoms with E-state index in [1.54, 1.807) is 17.0 Å². The minimum absolute atomic E-state index is 0.0249. The molecule has 3 amide bonds. The van der Waals surface area contributed by atoms with Crippen LogP contribution in [-0.4, -0.2) is 60.2 Å². The van der Waals surface area contributed by atoms with Gasteiger partial charge in [-0.25, -0.2) is 0 Å². The van der Waals surface area contributed by atoms with Gasteiger partial charge in [-0.3, -0.25) is 14.4 Å². The van der Waals surface area contributed by atoms with Crippen LogP contribution in [0.2, 0.25) is 0 Å². The molecule has 1 aliphatic heterocycles. The van der Waals surface area contributed by atoms with E-state index in [0.29, 0.717) is 38.3 Å². The Morgan fingerprint density at radius 3 is 2.19 bits per heavy atom. The van der Waals surface area contributed by atoms with Crippen LogP contribution in [0.15, 0.2) is 28.7 Å². The van der Waals surface area contributed by atoms with Crippen molar-refractivity contribution in [3.8, 4) is 0 Å². The lowest BCUT2D eigenvalue weighted by atomic mass is 9.84. The van der Waals surface area contributed by atoms with Crippen molar-refractivity contribution in [2.45, 2.75) is 25.7 Å². The molecule has 1 aromatic rings. The normalized spacial score (nSPS) is 17.6.